The minimum absolute atomic E-state index is 0.228. The highest BCUT2D eigenvalue weighted by molar-refractivity contribution is 5.96. The lowest BCUT2D eigenvalue weighted by Gasteiger charge is -2.12. The van der Waals surface area contributed by atoms with E-state index < -0.39 is 5.97 Å². The normalized spacial score (nSPS) is 10.5. The predicted molar refractivity (Wildman–Crippen MR) is 128 cm³/mol. The van der Waals surface area contributed by atoms with E-state index in [1.165, 1.54) is 0 Å². The SMILES string of the molecule is Cc1ccc(C(=O)O)c(-c2cccc(Oc3cc(C#N)cc(-c4cccc(CN)c4)c3)c2)c1. The fraction of sp³-hybridized carbons (Fsp3) is 0.0714. The maximum atomic E-state index is 11.7. The molecule has 4 rings (SSSR count). The van der Waals surface area contributed by atoms with Crippen LogP contribution in [0.3, 0.4) is 0 Å². The van der Waals surface area contributed by atoms with E-state index in [0.29, 0.717) is 29.2 Å². The van der Waals surface area contributed by atoms with Gasteiger partial charge in [0.2, 0.25) is 0 Å². The summed E-state index contributed by atoms with van der Waals surface area (Å²) in [5, 5.41) is 19.1. The molecule has 0 aromatic heterocycles. The van der Waals surface area contributed by atoms with Gasteiger partial charge in [0.25, 0.3) is 0 Å². The fourth-order valence-electron chi connectivity index (χ4n) is 3.71. The van der Waals surface area contributed by atoms with Gasteiger partial charge in [-0.05, 0) is 77.2 Å². The molecule has 0 saturated carbocycles. The van der Waals surface area contributed by atoms with Gasteiger partial charge in [-0.1, -0.05) is 48.0 Å². The number of carbonyl (C=O) groups is 1. The van der Waals surface area contributed by atoms with Crippen LogP contribution in [0.4, 0.5) is 0 Å². The van der Waals surface area contributed by atoms with E-state index in [0.717, 1.165) is 27.8 Å². The van der Waals surface area contributed by atoms with Crippen molar-refractivity contribution in [2.45, 2.75) is 13.5 Å². The van der Waals surface area contributed by atoms with Crippen molar-refractivity contribution in [2.75, 3.05) is 0 Å². The Bertz CT molecular complexity index is 1390. The van der Waals surface area contributed by atoms with Crippen LogP contribution in [0.25, 0.3) is 22.3 Å². The minimum atomic E-state index is -0.984. The molecule has 4 aromatic carbocycles. The summed E-state index contributed by atoms with van der Waals surface area (Å²) < 4.78 is 6.11. The first-order valence-electron chi connectivity index (χ1n) is 10.4. The third kappa shape index (κ3) is 4.93. The van der Waals surface area contributed by atoms with Crippen LogP contribution in [-0.4, -0.2) is 11.1 Å². The summed E-state index contributed by atoms with van der Waals surface area (Å²) in [7, 11) is 0. The van der Waals surface area contributed by atoms with Crippen LogP contribution >= 0.6 is 0 Å². The first-order chi connectivity index (χ1) is 16.0. The molecule has 0 amide bonds. The third-order valence-electron chi connectivity index (χ3n) is 5.32. The minimum Gasteiger partial charge on any atom is -0.478 e. The number of ether oxygens (including phenoxy) is 1. The molecule has 0 aliphatic heterocycles. The zero-order valence-electron chi connectivity index (χ0n) is 18.1. The number of aromatic carboxylic acids is 1. The molecule has 0 aliphatic rings. The van der Waals surface area contributed by atoms with Crippen molar-refractivity contribution in [1.29, 1.82) is 5.26 Å². The Morgan fingerprint density at radius 1 is 0.909 bits per heavy atom. The zero-order valence-corrected chi connectivity index (χ0v) is 18.1. The van der Waals surface area contributed by atoms with Gasteiger partial charge in [-0.25, -0.2) is 4.79 Å². The highest BCUT2D eigenvalue weighted by Crippen LogP contribution is 2.33. The Balaban J connectivity index is 1.72. The van der Waals surface area contributed by atoms with Crippen molar-refractivity contribution in [3.05, 3.63) is 107 Å². The van der Waals surface area contributed by atoms with Crippen LogP contribution in [-0.2, 0) is 6.54 Å². The van der Waals surface area contributed by atoms with E-state index in [1.807, 2.05) is 61.5 Å². The summed E-state index contributed by atoms with van der Waals surface area (Å²) in [5.74, 6) is 0.0755. The summed E-state index contributed by atoms with van der Waals surface area (Å²) in [4.78, 5) is 11.7. The number of nitrogens with zero attached hydrogens (tertiary/aromatic N) is 1. The van der Waals surface area contributed by atoms with Gasteiger partial charge in [0.15, 0.2) is 0 Å². The number of benzene rings is 4. The molecular formula is C28H22N2O3. The molecule has 5 nitrogen and oxygen atoms in total. The topological polar surface area (TPSA) is 96.3 Å². The number of hydrogen-bond donors (Lipinski definition) is 2. The Labute approximate surface area is 192 Å². The largest absolute Gasteiger partial charge is 0.478 e. The highest BCUT2D eigenvalue weighted by atomic mass is 16.5. The Kier molecular flexibility index (Phi) is 6.21. The molecule has 0 bridgehead atoms. The van der Waals surface area contributed by atoms with Crippen LogP contribution in [0.2, 0.25) is 0 Å². The number of nitrogens with two attached hydrogens (primary N) is 1. The maximum absolute atomic E-state index is 11.7. The van der Waals surface area contributed by atoms with Crippen molar-refractivity contribution in [1.82, 2.24) is 0 Å². The number of hydrogen-bond acceptors (Lipinski definition) is 4. The van der Waals surface area contributed by atoms with Gasteiger partial charge in [0.05, 0.1) is 17.2 Å². The summed E-state index contributed by atoms with van der Waals surface area (Å²) in [6.07, 6.45) is 0. The van der Waals surface area contributed by atoms with Crippen LogP contribution in [0.15, 0.2) is 84.9 Å². The second-order valence-corrected chi connectivity index (χ2v) is 7.75. The van der Waals surface area contributed by atoms with Crippen LogP contribution in [0.5, 0.6) is 11.5 Å². The Morgan fingerprint density at radius 2 is 1.67 bits per heavy atom. The van der Waals surface area contributed by atoms with Crippen molar-refractivity contribution in [2.24, 2.45) is 5.73 Å². The molecule has 0 fully saturated rings. The maximum Gasteiger partial charge on any atom is 0.336 e. The summed E-state index contributed by atoms with van der Waals surface area (Å²) in [5.41, 5.74) is 11.6. The second kappa shape index (κ2) is 9.39. The lowest BCUT2D eigenvalue weighted by Crippen LogP contribution is -2.00. The molecular weight excluding hydrogens is 412 g/mol. The van der Waals surface area contributed by atoms with Gasteiger partial charge in [0, 0.05) is 6.54 Å². The molecule has 33 heavy (non-hydrogen) atoms. The van der Waals surface area contributed by atoms with E-state index in [-0.39, 0.29) is 5.56 Å². The average Bonchev–Trinajstić information content (AvgIpc) is 2.83. The number of nitriles is 1. The lowest BCUT2D eigenvalue weighted by atomic mass is 9.97. The van der Waals surface area contributed by atoms with Crippen molar-refractivity contribution < 1.29 is 14.6 Å². The van der Waals surface area contributed by atoms with E-state index in [1.54, 1.807) is 30.3 Å². The number of aryl methyl sites for hydroxylation is 1. The van der Waals surface area contributed by atoms with Crippen molar-refractivity contribution >= 4 is 5.97 Å². The average molecular weight is 434 g/mol. The first-order valence-corrected chi connectivity index (χ1v) is 10.4. The van der Waals surface area contributed by atoms with Crippen LogP contribution < -0.4 is 10.5 Å². The molecule has 0 saturated heterocycles. The molecule has 4 aromatic rings. The van der Waals surface area contributed by atoms with Crippen LogP contribution in [0, 0.1) is 18.3 Å². The molecule has 162 valence electrons. The number of carboxylic acid groups (broad SMARTS) is 1. The van der Waals surface area contributed by atoms with Gasteiger partial charge in [0.1, 0.15) is 11.5 Å². The van der Waals surface area contributed by atoms with Gasteiger partial charge in [-0.3, -0.25) is 0 Å². The predicted octanol–water partition coefficient (Wildman–Crippen LogP) is 6.15. The van der Waals surface area contributed by atoms with Gasteiger partial charge in [-0.15, -0.1) is 0 Å². The first kappa shape index (κ1) is 21.8. The Hall–Kier alpha value is -4.40. The zero-order chi connectivity index (χ0) is 23.4. The van der Waals surface area contributed by atoms with Crippen molar-refractivity contribution in [3.63, 3.8) is 0 Å². The molecule has 0 spiro atoms. The van der Waals surface area contributed by atoms with E-state index in [2.05, 4.69) is 6.07 Å². The Morgan fingerprint density at radius 3 is 2.42 bits per heavy atom. The standard InChI is InChI=1S/C28H22N2O3/c1-18-8-9-26(28(31)32)27(10-18)22-6-3-7-24(14-22)33-25-13-20(17-30)12-23(15-25)21-5-2-4-19(11-21)16-29/h2-15H,16,29H2,1H3,(H,31,32). The summed E-state index contributed by atoms with van der Waals surface area (Å²) in [6.45, 7) is 2.35. The molecule has 0 heterocycles. The highest BCUT2D eigenvalue weighted by Gasteiger charge is 2.13. The van der Waals surface area contributed by atoms with E-state index in [4.69, 9.17) is 10.5 Å². The van der Waals surface area contributed by atoms with E-state index in [9.17, 15) is 15.2 Å². The molecule has 5 heteroatoms. The molecule has 3 N–H and O–H groups in total. The molecule has 0 unspecified atom stereocenters. The monoisotopic (exact) mass is 434 g/mol. The molecule has 0 atom stereocenters. The number of carboxylic acids is 1. The third-order valence-corrected chi connectivity index (χ3v) is 5.32. The summed E-state index contributed by atoms with van der Waals surface area (Å²) >= 11 is 0. The summed E-state index contributed by atoms with van der Waals surface area (Å²) in [6, 6.07) is 27.9. The molecule has 0 aliphatic carbocycles. The van der Waals surface area contributed by atoms with Crippen LogP contribution in [0.1, 0.15) is 27.0 Å². The molecule has 0 radical (unpaired) electrons. The lowest BCUT2D eigenvalue weighted by molar-refractivity contribution is 0.0697. The van der Waals surface area contributed by atoms with Crippen molar-refractivity contribution in [3.8, 4) is 39.8 Å². The fourth-order valence-corrected chi connectivity index (χ4v) is 3.71. The number of rotatable bonds is 6. The van der Waals surface area contributed by atoms with Gasteiger partial charge < -0.3 is 15.6 Å². The van der Waals surface area contributed by atoms with E-state index >= 15 is 0 Å². The second-order valence-electron chi connectivity index (χ2n) is 7.75. The van der Waals surface area contributed by atoms with Gasteiger partial charge in [-0.2, -0.15) is 5.26 Å². The van der Waals surface area contributed by atoms with Gasteiger partial charge >= 0.3 is 5.97 Å². The quantitative estimate of drug-likeness (QED) is 0.379. The smallest absolute Gasteiger partial charge is 0.336 e.